The number of carbonyl (C=O) groups excluding carboxylic acids is 2. The van der Waals surface area contributed by atoms with E-state index < -0.39 is 34.9 Å². The maximum atomic E-state index is 13.3. The van der Waals surface area contributed by atoms with Crippen LogP contribution in [0.4, 0.5) is 15.8 Å². The Morgan fingerprint density at radius 3 is 2.52 bits per heavy atom. The quantitative estimate of drug-likeness (QED) is 0.407. The van der Waals surface area contributed by atoms with Crippen LogP contribution in [0, 0.1) is 15.9 Å². The standard InChI is InChI=1S/C19H17FN2O5S2/c20-15-7-6-14(10-16(15)22(25)26)21-17(23)11-27-18(24)12-2-4-13(5-3-12)19-28-8-1-9-29-19/h2-7,10,19H,1,8-9,11H2,(H,21,23). The number of rotatable bonds is 6. The summed E-state index contributed by atoms with van der Waals surface area (Å²) in [5, 5.41) is 13.1. The third kappa shape index (κ3) is 5.70. The lowest BCUT2D eigenvalue weighted by molar-refractivity contribution is -0.387. The Balaban J connectivity index is 1.53. The van der Waals surface area contributed by atoms with E-state index in [-0.39, 0.29) is 5.69 Å². The summed E-state index contributed by atoms with van der Waals surface area (Å²) in [5.41, 5.74) is 0.733. The summed E-state index contributed by atoms with van der Waals surface area (Å²) in [6.07, 6.45) is 1.20. The number of nitro benzene ring substituents is 1. The molecule has 1 fully saturated rings. The van der Waals surface area contributed by atoms with E-state index in [1.807, 2.05) is 35.7 Å². The highest BCUT2D eigenvalue weighted by Crippen LogP contribution is 2.43. The first-order valence-electron chi connectivity index (χ1n) is 8.68. The fourth-order valence-electron chi connectivity index (χ4n) is 2.60. The van der Waals surface area contributed by atoms with Crippen molar-refractivity contribution in [3.05, 3.63) is 69.5 Å². The van der Waals surface area contributed by atoms with E-state index in [0.29, 0.717) is 10.1 Å². The van der Waals surface area contributed by atoms with E-state index >= 15 is 0 Å². The molecular weight excluding hydrogens is 419 g/mol. The van der Waals surface area contributed by atoms with Crippen molar-refractivity contribution < 1.29 is 23.6 Å². The highest BCUT2D eigenvalue weighted by atomic mass is 32.2. The van der Waals surface area contributed by atoms with Crippen molar-refractivity contribution in [1.82, 2.24) is 0 Å². The molecule has 29 heavy (non-hydrogen) atoms. The third-order valence-corrected chi connectivity index (χ3v) is 7.02. The molecule has 0 atom stereocenters. The molecule has 2 aromatic rings. The number of halogens is 1. The topological polar surface area (TPSA) is 98.5 Å². The SMILES string of the molecule is O=C(COC(=O)c1ccc(C2SCCCS2)cc1)Nc1ccc(F)c([N+](=O)[O-])c1. The Morgan fingerprint density at radius 2 is 1.86 bits per heavy atom. The summed E-state index contributed by atoms with van der Waals surface area (Å²) in [7, 11) is 0. The summed E-state index contributed by atoms with van der Waals surface area (Å²) < 4.78 is 18.7. The fraction of sp³-hybridized carbons (Fsp3) is 0.263. The number of ether oxygens (including phenoxy) is 1. The zero-order chi connectivity index (χ0) is 20.8. The van der Waals surface area contributed by atoms with Crippen LogP contribution in [0.1, 0.15) is 26.9 Å². The number of anilines is 1. The average molecular weight is 436 g/mol. The van der Waals surface area contributed by atoms with Gasteiger partial charge in [0.15, 0.2) is 6.61 Å². The molecule has 1 aliphatic heterocycles. The Kier molecular flexibility index (Phi) is 7.10. The Morgan fingerprint density at radius 1 is 1.17 bits per heavy atom. The number of amides is 1. The second kappa shape index (κ2) is 9.75. The predicted octanol–water partition coefficient (Wildman–Crippen LogP) is 4.40. The van der Waals surface area contributed by atoms with E-state index in [1.54, 1.807) is 12.1 Å². The maximum absolute atomic E-state index is 13.3. The molecule has 0 unspecified atom stereocenters. The highest BCUT2D eigenvalue weighted by Gasteiger charge is 2.18. The largest absolute Gasteiger partial charge is 0.452 e. The lowest BCUT2D eigenvalue weighted by atomic mass is 10.1. The van der Waals surface area contributed by atoms with Gasteiger partial charge < -0.3 is 10.1 Å². The van der Waals surface area contributed by atoms with E-state index in [0.717, 1.165) is 29.2 Å². The monoisotopic (exact) mass is 436 g/mol. The molecule has 1 heterocycles. The van der Waals surface area contributed by atoms with Crippen molar-refractivity contribution in [3.8, 4) is 0 Å². The van der Waals surface area contributed by atoms with Crippen molar-refractivity contribution in [2.24, 2.45) is 0 Å². The first-order chi connectivity index (χ1) is 13.9. The number of thioether (sulfide) groups is 2. The van der Waals surface area contributed by atoms with Crippen LogP contribution < -0.4 is 5.32 Å². The summed E-state index contributed by atoms with van der Waals surface area (Å²) in [4.78, 5) is 33.9. The number of carbonyl (C=O) groups is 2. The van der Waals surface area contributed by atoms with Crippen LogP contribution in [-0.4, -0.2) is 34.9 Å². The lowest BCUT2D eigenvalue weighted by Crippen LogP contribution is -2.21. The Bertz CT molecular complexity index is 917. The lowest BCUT2D eigenvalue weighted by Gasteiger charge is -2.21. The molecule has 10 heteroatoms. The van der Waals surface area contributed by atoms with Gasteiger partial charge in [-0.15, -0.1) is 23.5 Å². The number of nitrogens with zero attached hydrogens (tertiary/aromatic N) is 1. The second-order valence-electron chi connectivity index (χ2n) is 6.10. The maximum Gasteiger partial charge on any atom is 0.338 e. The molecule has 0 saturated carbocycles. The van der Waals surface area contributed by atoms with Crippen LogP contribution in [-0.2, 0) is 9.53 Å². The van der Waals surface area contributed by atoms with Crippen molar-refractivity contribution >= 4 is 46.8 Å². The molecule has 1 aliphatic rings. The molecular formula is C19H17FN2O5S2. The molecule has 7 nitrogen and oxygen atoms in total. The number of esters is 1. The Labute approximate surface area is 174 Å². The number of hydrogen-bond acceptors (Lipinski definition) is 7. The Hall–Kier alpha value is -2.59. The molecule has 152 valence electrons. The van der Waals surface area contributed by atoms with Crippen LogP contribution in [0.2, 0.25) is 0 Å². The molecule has 0 spiro atoms. The van der Waals surface area contributed by atoms with Crippen molar-refractivity contribution in [2.45, 2.75) is 11.0 Å². The van der Waals surface area contributed by atoms with E-state index in [9.17, 15) is 24.1 Å². The zero-order valence-electron chi connectivity index (χ0n) is 15.1. The second-order valence-corrected chi connectivity index (χ2v) is 8.82. The van der Waals surface area contributed by atoms with Gasteiger partial charge in [0.25, 0.3) is 5.91 Å². The third-order valence-electron chi connectivity index (χ3n) is 4.01. The fourth-order valence-corrected chi connectivity index (χ4v) is 5.49. The van der Waals surface area contributed by atoms with Crippen LogP contribution in [0.5, 0.6) is 0 Å². The molecule has 1 amide bonds. The van der Waals surface area contributed by atoms with Gasteiger partial charge in [-0.2, -0.15) is 4.39 Å². The highest BCUT2D eigenvalue weighted by molar-refractivity contribution is 8.16. The van der Waals surface area contributed by atoms with E-state index in [4.69, 9.17) is 4.74 Å². The van der Waals surface area contributed by atoms with Gasteiger partial charge >= 0.3 is 11.7 Å². The normalized spacial score (nSPS) is 14.2. The number of hydrogen-bond donors (Lipinski definition) is 1. The van der Waals surface area contributed by atoms with Crippen molar-refractivity contribution in [1.29, 1.82) is 0 Å². The van der Waals surface area contributed by atoms with Gasteiger partial charge in [0.2, 0.25) is 5.82 Å². The summed E-state index contributed by atoms with van der Waals surface area (Å²) >= 11 is 3.75. The van der Waals surface area contributed by atoms with Gasteiger partial charge in [-0.25, -0.2) is 4.79 Å². The minimum Gasteiger partial charge on any atom is -0.452 e. The molecule has 0 radical (unpaired) electrons. The molecule has 0 aromatic heterocycles. The minimum absolute atomic E-state index is 0.0333. The zero-order valence-corrected chi connectivity index (χ0v) is 16.8. The first-order valence-corrected chi connectivity index (χ1v) is 10.8. The van der Waals surface area contributed by atoms with E-state index in [2.05, 4.69) is 5.32 Å². The van der Waals surface area contributed by atoms with Gasteiger partial charge in [-0.3, -0.25) is 14.9 Å². The molecule has 0 bridgehead atoms. The van der Waals surface area contributed by atoms with Gasteiger partial charge in [0.1, 0.15) is 0 Å². The first kappa shape index (κ1) is 21.1. The van der Waals surface area contributed by atoms with Crippen LogP contribution >= 0.6 is 23.5 Å². The number of nitrogens with one attached hydrogen (secondary N) is 1. The van der Waals surface area contributed by atoms with Crippen molar-refractivity contribution in [2.75, 3.05) is 23.4 Å². The predicted molar refractivity (Wildman–Crippen MR) is 111 cm³/mol. The number of nitro groups is 1. The number of benzene rings is 2. The minimum atomic E-state index is -1.01. The van der Waals surface area contributed by atoms with Crippen LogP contribution in [0.3, 0.4) is 0 Å². The molecule has 1 N–H and O–H groups in total. The van der Waals surface area contributed by atoms with Gasteiger partial charge in [-0.05, 0) is 47.8 Å². The smallest absolute Gasteiger partial charge is 0.338 e. The molecule has 3 rings (SSSR count). The van der Waals surface area contributed by atoms with Crippen LogP contribution in [0.15, 0.2) is 42.5 Å². The molecule has 0 aliphatic carbocycles. The summed E-state index contributed by atoms with van der Waals surface area (Å²) in [5.74, 6) is -0.110. The summed E-state index contributed by atoms with van der Waals surface area (Å²) in [6, 6.07) is 10.0. The van der Waals surface area contributed by atoms with Gasteiger partial charge in [-0.1, -0.05) is 12.1 Å². The molecule has 1 saturated heterocycles. The van der Waals surface area contributed by atoms with E-state index in [1.165, 1.54) is 12.5 Å². The summed E-state index contributed by atoms with van der Waals surface area (Å²) in [6.45, 7) is -0.569. The van der Waals surface area contributed by atoms with Gasteiger partial charge in [0, 0.05) is 11.8 Å². The van der Waals surface area contributed by atoms with Gasteiger partial charge in [0.05, 0.1) is 15.1 Å². The average Bonchev–Trinajstić information content (AvgIpc) is 2.74. The van der Waals surface area contributed by atoms with Crippen LogP contribution in [0.25, 0.3) is 0 Å². The van der Waals surface area contributed by atoms with Crippen molar-refractivity contribution in [3.63, 3.8) is 0 Å². The molecule has 2 aromatic carbocycles.